The Bertz CT molecular complexity index is 679. The number of hydrogen-bond acceptors (Lipinski definition) is 5. The fourth-order valence-electron chi connectivity index (χ4n) is 1.69. The minimum atomic E-state index is -1.13. The molecule has 0 saturated heterocycles. The third-order valence-electron chi connectivity index (χ3n) is 2.66. The van der Waals surface area contributed by atoms with E-state index in [4.69, 9.17) is 0 Å². The molecular weight excluding hydrogens is 256 g/mol. The Kier molecular flexibility index (Phi) is 3.55. The molecule has 0 aliphatic rings. The van der Waals surface area contributed by atoms with Gasteiger partial charge in [0.15, 0.2) is 0 Å². The Labute approximate surface area is 107 Å². The molecule has 0 saturated carbocycles. The van der Waals surface area contributed by atoms with E-state index in [0.717, 1.165) is 0 Å². The van der Waals surface area contributed by atoms with Crippen LogP contribution in [-0.2, 0) is 0 Å². The molecule has 2 atom stereocenters. The van der Waals surface area contributed by atoms with E-state index >= 15 is 0 Å². The molecule has 7 heteroatoms. The summed E-state index contributed by atoms with van der Waals surface area (Å²) in [6, 6.07) is 4.48. The summed E-state index contributed by atoms with van der Waals surface area (Å²) < 4.78 is 0. The summed E-state index contributed by atoms with van der Waals surface area (Å²) in [7, 11) is 0. The minimum Gasteiger partial charge on any atom is -0.389 e. The number of aromatic nitrogens is 2. The molecule has 0 radical (unpaired) electrons. The molecule has 0 aliphatic heterocycles. The number of hydrogen-bond donors (Lipinski definition) is 5. The first-order valence-electron chi connectivity index (χ1n) is 5.26. The van der Waals surface area contributed by atoms with Gasteiger partial charge in [-0.3, -0.25) is 9.78 Å². The second-order valence-corrected chi connectivity index (χ2v) is 4.27. The largest absolute Gasteiger partial charge is 0.389 e. The Morgan fingerprint density at radius 2 is 1.94 bits per heavy atom. The lowest BCUT2D eigenvalue weighted by molar-refractivity contribution is 0.0338. The summed E-state index contributed by atoms with van der Waals surface area (Å²) >= 11 is 3.89. The van der Waals surface area contributed by atoms with Crippen LogP contribution in [0.15, 0.2) is 27.8 Å². The van der Waals surface area contributed by atoms with Crippen LogP contribution in [0.2, 0.25) is 0 Å². The smallest absolute Gasteiger partial charge is 0.326 e. The maximum atomic E-state index is 11.6. The Balaban J connectivity index is 2.57. The van der Waals surface area contributed by atoms with Gasteiger partial charge >= 0.3 is 5.69 Å². The van der Waals surface area contributed by atoms with Gasteiger partial charge in [-0.2, -0.15) is 12.6 Å². The second kappa shape index (κ2) is 4.97. The summed E-state index contributed by atoms with van der Waals surface area (Å²) in [6.07, 6.45) is -2.15. The minimum absolute atomic E-state index is 0.0984. The van der Waals surface area contributed by atoms with Crippen LogP contribution in [0, 0.1) is 0 Å². The monoisotopic (exact) mass is 268 g/mol. The molecule has 1 aromatic heterocycles. The maximum absolute atomic E-state index is 11.6. The van der Waals surface area contributed by atoms with Crippen molar-refractivity contribution in [1.82, 2.24) is 9.97 Å². The van der Waals surface area contributed by atoms with E-state index in [1.54, 1.807) is 0 Å². The number of benzene rings is 1. The van der Waals surface area contributed by atoms with Gasteiger partial charge in [-0.15, -0.1) is 0 Å². The topological polar surface area (TPSA) is 106 Å². The molecule has 0 spiro atoms. The maximum Gasteiger partial charge on any atom is 0.326 e. The van der Waals surface area contributed by atoms with Gasteiger partial charge in [-0.25, -0.2) is 4.79 Å². The Morgan fingerprint density at radius 1 is 1.22 bits per heavy atom. The fraction of sp³-hybridized carbons (Fsp3) is 0.273. The average molecular weight is 268 g/mol. The molecule has 0 fully saturated rings. The molecule has 18 heavy (non-hydrogen) atoms. The molecule has 0 aliphatic carbocycles. The zero-order valence-corrected chi connectivity index (χ0v) is 10.1. The van der Waals surface area contributed by atoms with Gasteiger partial charge < -0.3 is 15.2 Å². The quantitative estimate of drug-likeness (QED) is 0.486. The van der Waals surface area contributed by atoms with Gasteiger partial charge in [0.2, 0.25) is 0 Å². The van der Waals surface area contributed by atoms with Crippen molar-refractivity contribution in [3.63, 3.8) is 0 Å². The van der Waals surface area contributed by atoms with E-state index in [9.17, 15) is 19.8 Å². The molecule has 1 aromatic carbocycles. The first-order chi connectivity index (χ1) is 8.52. The standard InChI is InChI=1S/C11H12N2O4S/c14-8(4-18)9(15)5-1-2-7-6(3-5)10(16)13-11(17)12-7/h1-3,8-9,14-15,18H,4H2,(H2,12,13,16,17). The number of aliphatic hydroxyl groups excluding tert-OH is 2. The zero-order chi connectivity index (χ0) is 13.3. The summed E-state index contributed by atoms with van der Waals surface area (Å²) in [5, 5.41) is 19.6. The predicted octanol–water partition coefficient (Wildman–Crippen LogP) is -0.460. The third kappa shape index (κ3) is 2.33. The first kappa shape index (κ1) is 12.9. The first-order valence-corrected chi connectivity index (χ1v) is 5.89. The molecule has 2 aromatic rings. The van der Waals surface area contributed by atoms with Crippen molar-refractivity contribution in [3.05, 3.63) is 44.6 Å². The van der Waals surface area contributed by atoms with Crippen LogP contribution in [0.1, 0.15) is 11.7 Å². The number of rotatable bonds is 3. The number of thiol groups is 1. The number of nitrogens with one attached hydrogen (secondary N) is 2. The van der Waals surface area contributed by atoms with Crippen LogP contribution in [0.3, 0.4) is 0 Å². The third-order valence-corrected chi connectivity index (χ3v) is 3.03. The molecule has 4 N–H and O–H groups in total. The van der Waals surface area contributed by atoms with Crippen LogP contribution in [0.25, 0.3) is 10.9 Å². The average Bonchev–Trinajstić information content (AvgIpc) is 2.36. The molecule has 0 amide bonds. The van der Waals surface area contributed by atoms with Crippen molar-refractivity contribution in [2.75, 3.05) is 5.75 Å². The lowest BCUT2D eigenvalue weighted by atomic mass is 10.0. The number of H-pyrrole nitrogens is 2. The van der Waals surface area contributed by atoms with E-state index in [0.29, 0.717) is 11.1 Å². The lowest BCUT2D eigenvalue weighted by Gasteiger charge is -2.16. The summed E-state index contributed by atoms with van der Waals surface area (Å²) in [5.41, 5.74) is -0.360. The highest BCUT2D eigenvalue weighted by molar-refractivity contribution is 7.80. The van der Waals surface area contributed by atoms with Crippen molar-refractivity contribution < 1.29 is 10.2 Å². The van der Waals surface area contributed by atoms with Crippen molar-refractivity contribution in [1.29, 1.82) is 0 Å². The van der Waals surface area contributed by atoms with Crippen molar-refractivity contribution in [3.8, 4) is 0 Å². The molecule has 1 heterocycles. The zero-order valence-electron chi connectivity index (χ0n) is 9.25. The lowest BCUT2D eigenvalue weighted by Crippen LogP contribution is -2.23. The fourth-order valence-corrected chi connectivity index (χ4v) is 1.89. The van der Waals surface area contributed by atoms with E-state index in [2.05, 4.69) is 22.6 Å². The highest BCUT2D eigenvalue weighted by atomic mass is 32.1. The van der Waals surface area contributed by atoms with Crippen LogP contribution in [-0.4, -0.2) is 32.0 Å². The predicted molar refractivity (Wildman–Crippen MR) is 70.0 cm³/mol. The molecule has 2 unspecified atom stereocenters. The molecular formula is C11H12N2O4S. The van der Waals surface area contributed by atoms with Crippen molar-refractivity contribution in [2.45, 2.75) is 12.2 Å². The van der Waals surface area contributed by atoms with E-state index in [1.807, 2.05) is 0 Å². The second-order valence-electron chi connectivity index (χ2n) is 3.91. The highest BCUT2D eigenvalue weighted by Gasteiger charge is 2.17. The van der Waals surface area contributed by atoms with E-state index in [-0.39, 0.29) is 11.1 Å². The van der Waals surface area contributed by atoms with Crippen molar-refractivity contribution in [2.24, 2.45) is 0 Å². The number of aromatic amines is 2. The summed E-state index contributed by atoms with van der Waals surface area (Å²) in [5.74, 6) is 0.0984. The summed E-state index contributed by atoms with van der Waals surface area (Å²) in [4.78, 5) is 27.2. The van der Waals surface area contributed by atoms with Gasteiger partial charge in [0.05, 0.1) is 17.0 Å². The molecule has 6 nitrogen and oxygen atoms in total. The molecule has 2 rings (SSSR count). The van der Waals surface area contributed by atoms with Gasteiger partial charge in [0.25, 0.3) is 5.56 Å². The van der Waals surface area contributed by atoms with Crippen molar-refractivity contribution >= 4 is 23.5 Å². The van der Waals surface area contributed by atoms with Gasteiger partial charge in [-0.1, -0.05) is 6.07 Å². The number of aliphatic hydroxyl groups is 2. The molecule has 0 bridgehead atoms. The van der Waals surface area contributed by atoms with Crippen LogP contribution < -0.4 is 11.2 Å². The van der Waals surface area contributed by atoms with Crippen LogP contribution in [0.5, 0.6) is 0 Å². The Hall–Kier alpha value is -1.57. The number of fused-ring (bicyclic) bond motifs is 1. The van der Waals surface area contributed by atoms with Gasteiger partial charge in [0.1, 0.15) is 6.10 Å². The SMILES string of the molecule is O=c1[nH]c(=O)c2cc(C(O)C(O)CS)ccc2[nH]1. The Morgan fingerprint density at radius 3 is 2.61 bits per heavy atom. The van der Waals surface area contributed by atoms with Crippen LogP contribution >= 0.6 is 12.6 Å². The molecule has 96 valence electrons. The summed E-state index contributed by atoms with van der Waals surface area (Å²) in [6.45, 7) is 0. The van der Waals surface area contributed by atoms with Crippen LogP contribution in [0.4, 0.5) is 0 Å². The van der Waals surface area contributed by atoms with E-state index < -0.39 is 23.5 Å². The normalized spacial score (nSPS) is 14.6. The van der Waals surface area contributed by atoms with Gasteiger partial charge in [-0.05, 0) is 17.7 Å². The van der Waals surface area contributed by atoms with E-state index in [1.165, 1.54) is 18.2 Å². The van der Waals surface area contributed by atoms with Gasteiger partial charge in [0, 0.05) is 5.75 Å². The highest BCUT2D eigenvalue weighted by Crippen LogP contribution is 2.20.